The zero-order valence-corrected chi connectivity index (χ0v) is 15.0. The fraction of sp³-hybridized carbons (Fsp3) is 0.556. The molecule has 1 aromatic carbocycles. The van der Waals surface area contributed by atoms with Crippen LogP contribution in [0.15, 0.2) is 12.1 Å². The second-order valence-electron chi connectivity index (χ2n) is 6.91. The first-order valence-corrected chi connectivity index (χ1v) is 8.09. The topological polar surface area (TPSA) is 71.8 Å². The number of carbonyl (C=O) groups is 1. The van der Waals surface area contributed by atoms with Crippen LogP contribution in [0.4, 0.5) is 9.18 Å². The maximum Gasteiger partial charge on any atom is 0.410 e. The summed E-state index contributed by atoms with van der Waals surface area (Å²) in [7, 11) is 1.38. The van der Waals surface area contributed by atoms with Crippen molar-refractivity contribution in [3.63, 3.8) is 0 Å². The van der Waals surface area contributed by atoms with Gasteiger partial charge >= 0.3 is 6.09 Å². The summed E-state index contributed by atoms with van der Waals surface area (Å²) in [5.41, 5.74) is -0.0839. The van der Waals surface area contributed by atoms with E-state index in [4.69, 9.17) is 19.5 Å². The Morgan fingerprint density at radius 2 is 2.16 bits per heavy atom. The normalized spacial score (nSPS) is 17.3. The van der Waals surface area contributed by atoms with E-state index in [1.807, 2.05) is 20.8 Å². The maximum atomic E-state index is 13.9. The van der Waals surface area contributed by atoms with Gasteiger partial charge in [-0.25, -0.2) is 9.18 Å². The van der Waals surface area contributed by atoms with Crippen molar-refractivity contribution in [2.75, 3.05) is 20.2 Å². The van der Waals surface area contributed by atoms with E-state index < -0.39 is 11.4 Å². The number of nitrogens with zero attached hydrogens (tertiary/aromatic N) is 2. The monoisotopic (exact) mass is 350 g/mol. The molecule has 1 aliphatic rings. The van der Waals surface area contributed by atoms with Gasteiger partial charge in [-0.2, -0.15) is 5.26 Å². The summed E-state index contributed by atoms with van der Waals surface area (Å²) in [5, 5.41) is 8.93. The lowest BCUT2D eigenvalue weighted by atomic mass is 10.1. The van der Waals surface area contributed by atoms with E-state index in [1.165, 1.54) is 13.2 Å². The van der Waals surface area contributed by atoms with Crippen molar-refractivity contribution < 1.29 is 23.4 Å². The molecule has 1 fully saturated rings. The van der Waals surface area contributed by atoms with Crippen LogP contribution in [0.2, 0.25) is 0 Å². The Balaban J connectivity index is 1.92. The number of amides is 1. The van der Waals surface area contributed by atoms with Gasteiger partial charge in [0.25, 0.3) is 0 Å². The Kier molecular flexibility index (Phi) is 5.85. The molecular weight excluding hydrogens is 327 g/mol. The van der Waals surface area contributed by atoms with Crippen molar-refractivity contribution in [2.24, 2.45) is 0 Å². The second kappa shape index (κ2) is 7.70. The van der Waals surface area contributed by atoms with Crippen molar-refractivity contribution in [3.8, 4) is 11.8 Å². The van der Waals surface area contributed by atoms with Crippen molar-refractivity contribution in [2.45, 2.75) is 45.5 Å². The molecular formula is C18H23FN2O4. The molecule has 0 unspecified atom stereocenters. The van der Waals surface area contributed by atoms with Gasteiger partial charge in [0, 0.05) is 6.54 Å². The van der Waals surface area contributed by atoms with Gasteiger partial charge < -0.3 is 19.1 Å². The minimum absolute atomic E-state index is 0.122. The number of nitriles is 1. The first-order valence-electron chi connectivity index (χ1n) is 8.09. The predicted octanol–water partition coefficient (Wildman–Crippen LogP) is 3.23. The maximum absolute atomic E-state index is 13.9. The molecule has 1 saturated heterocycles. The lowest BCUT2D eigenvalue weighted by Crippen LogP contribution is -2.36. The lowest BCUT2D eigenvalue weighted by Gasteiger charge is -2.24. The molecule has 1 heterocycles. The zero-order chi connectivity index (χ0) is 18.6. The van der Waals surface area contributed by atoms with Gasteiger partial charge in [-0.05, 0) is 44.9 Å². The molecule has 0 aliphatic carbocycles. The quantitative estimate of drug-likeness (QED) is 0.834. The molecule has 0 N–H and O–H groups in total. The van der Waals surface area contributed by atoms with E-state index in [-0.39, 0.29) is 30.1 Å². The number of hydrogen-bond acceptors (Lipinski definition) is 5. The summed E-state index contributed by atoms with van der Waals surface area (Å²) in [5.74, 6) is -0.454. The van der Waals surface area contributed by atoms with Gasteiger partial charge in [0.05, 0.1) is 26.4 Å². The highest BCUT2D eigenvalue weighted by Crippen LogP contribution is 2.24. The van der Waals surface area contributed by atoms with Crippen LogP contribution in [0.1, 0.15) is 38.3 Å². The van der Waals surface area contributed by atoms with Gasteiger partial charge in [-0.15, -0.1) is 0 Å². The number of likely N-dealkylation sites (tertiary alicyclic amines) is 1. The number of halogens is 1. The summed E-state index contributed by atoms with van der Waals surface area (Å²) >= 11 is 0. The van der Waals surface area contributed by atoms with E-state index in [0.29, 0.717) is 25.1 Å². The van der Waals surface area contributed by atoms with Crippen LogP contribution < -0.4 is 4.74 Å². The SMILES string of the molecule is COc1cc(CO[C@@H]2CCN(C(=O)OC(C)(C)C)C2)cc(F)c1C#N. The highest BCUT2D eigenvalue weighted by atomic mass is 19.1. The minimum Gasteiger partial charge on any atom is -0.495 e. The van der Waals surface area contributed by atoms with E-state index in [0.717, 1.165) is 0 Å². The molecule has 0 radical (unpaired) electrons. The summed E-state index contributed by atoms with van der Waals surface area (Å²) in [6.07, 6.45) is 0.191. The number of methoxy groups -OCH3 is 1. The van der Waals surface area contributed by atoms with E-state index in [1.54, 1.807) is 17.0 Å². The highest BCUT2D eigenvalue weighted by Gasteiger charge is 2.30. The fourth-order valence-corrected chi connectivity index (χ4v) is 2.56. The van der Waals surface area contributed by atoms with E-state index in [2.05, 4.69) is 0 Å². The molecule has 6 nitrogen and oxygen atoms in total. The van der Waals surface area contributed by atoms with Crippen LogP contribution in [0.25, 0.3) is 0 Å². The van der Waals surface area contributed by atoms with Crippen LogP contribution >= 0.6 is 0 Å². The summed E-state index contributed by atoms with van der Waals surface area (Å²) in [6.45, 7) is 6.63. The van der Waals surface area contributed by atoms with Gasteiger partial charge in [-0.1, -0.05) is 0 Å². The summed E-state index contributed by atoms with van der Waals surface area (Å²) in [4.78, 5) is 13.6. The van der Waals surface area contributed by atoms with E-state index in [9.17, 15) is 9.18 Å². The van der Waals surface area contributed by atoms with Crippen molar-refractivity contribution >= 4 is 6.09 Å². The highest BCUT2D eigenvalue weighted by molar-refractivity contribution is 5.68. The van der Waals surface area contributed by atoms with Crippen molar-refractivity contribution in [1.82, 2.24) is 4.90 Å². The average Bonchev–Trinajstić information content (AvgIpc) is 2.99. The third-order valence-corrected chi connectivity index (χ3v) is 3.73. The summed E-state index contributed by atoms with van der Waals surface area (Å²) in [6, 6.07) is 4.63. The van der Waals surface area contributed by atoms with Gasteiger partial charge in [0.1, 0.15) is 28.8 Å². The minimum atomic E-state index is -0.637. The Bertz CT molecular complexity index is 679. The Hall–Kier alpha value is -2.33. The van der Waals surface area contributed by atoms with E-state index >= 15 is 0 Å². The summed E-state index contributed by atoms with van der Waals surface area (Å²) < 4.78 is 30.0. The third-order valence-electron chi connectivity index (χ3n) is 3.73. The molecule has 1 atom stereocenters. The molecule has 2 rings (SSSR count). The number of rotatable bonds is 4. The predicted molar refractivity (Wildman–Crippen MR) is 88.7 cm³/mol. The molecule has 136 valence electrons. The molecule has 1 aromatic rings. The van der Waals surface area contributed by atoms with Crippen LogP contribution in [0.3, 0.4) is 0 Å². The van der Waals surface area contributed by atoms with Gasteiger partial charge in [0.15, 0.2) is 0 Å². The van der Waals surface area contributed by atoms with Crippen LogP contribution in [0, 0.1) is 17.1 Å². The largest absolute Gasteiger partial charge is 0.495 e. The first-order chi connectivity index (χ1) is 11.7. The molecule has 0 bridgehead atoms. The first kappa shape index (κ1) is 19.0. The molecule has 0 saturated carbocycles. The molecule has 7 heteroatoms. The van der Waals surface area contributed by atoms with Gasteiger partial charge in [0.2, 0.25) is 0 Å². The molecule has 0 aromatic heterocycles. The lowest BCUT2D eigenvalue weighted by molar-refractivity contribution is 0.0184. The Morgan fingerprint density at radius 1 is 1.44 bits per heavy atom. The molecule has 25 heavy (non-hydrogen) atoms. The number of ether oxygens (including phenoxy) is 3. The van der Waals surface area contributed by atoms with Crippen molar-refractivity contribution in [1.29, 1.82) is 5.26 Å². The molecule has 1 amide bonds. The van der Waals surface area contributed by atoms with Crippen molar-refractivity contribution in [3.05, 3.63) is 29.1 Å². The number of carbonyl (C=O) groups excluding carboxylic acids is 1. The standard InChI is InChI=1S/C18H23FN2O4/c1-18(2,3)25-17(22)21-6-5-13(10-21)24-11-12-7-15(19)14(9-20)16(8-12)23-4/h7-8,13H,5-6,10-11H2,1-4H3/t13-/m1/s1. The Morgan fingerprint density at radius 3 is 2.76 bits per heavy atom. The number of hydrogen-bond donors (Lipinski definition) is 0. The molecule has 0 spiro atoms. The third kappa shape index (κ3) is 5.07. The zero-order valence-electron chi connectivity index (χ0n) is 15.0. The van der Waals surface area contributed by atoms with Crippen LogP contribution in [0.5, 0.6) is 5.75 Å². The van der Waals surface area contributed by atoms with Crippen LogP contribution in [-0.4, -0.2) is 42.9 Å². The Labute approximate surface area is 147 Å². The molecule has 1 aliphatic heterocycles. The average molecular weight is 350 g/mol. The number of benzene rings is 1. The second-order valence-corrected chi connectivity index (χ2v) is 6.91. The van der Waals surface area contributed by atoms with Gasteiger partial charge in [-0.3, -0.25) is 0 Å². The smallest absolute Gasteiger partial charge is 0.410 e. The van der Waals surface area contributed by atoms with Crippen LogP contribution in [-0.2, 0) is 16.1 Å². The fourth-order valence-electron chi connectivity index (χ4n) is 2.56.